The van der Waals surface area contributed by atoms with Crippen molar-refractivity contribution < 1.29 is 28.6 Å². The molecule has 1 aromatic carbocycles. The topological polar surface area (TPSA) is 106 Å². The molecule has 3 amide bonds. The van der Waals surface area contributed by atoms with E-state index in [2.05, 4.69) is 10.6 Å². The van der Waals surface area contributed by atoms with Crippen LogP contribution in [0, 0.1) is 11.8 Å². The predicted molar refractivity (Wildman–Crippen MR) is 112 cm³/mol. The van der Waals surface area contributed by atoms with Crippen LogP contribution in [0.2, 0.25) is 0 Å². The van der Waals surface area contributed by atoms with Gasteiger partial charge in [-0.25, -0.2) is 0 Å². The van der Waals surface area contributed by atoms with E-state index in [1.165, 1.54) is 0 Å². The van der Waals surface area contributed by atoms with Crippen LogP contribution in [0.25, 0.3) is 0 Å². The van der Waals surface area contributed by atoms with Gasteiger partial charge in [-0.3, -0.25) is 14.4 Å². The third-order valence-corrected chi connectivity index (χ3v) is 5.94. The fraction of sp³-hybridized carbons (Fsp3) is 0.591. The molecule has 0 bridgehead atoms. The van der Waals surface area contributed by atoms with Crippen LogP contribution in [-0.2, 0) is 19.1 Å². The molecule has 0 aliphatic carbocycles. The van der Waals surface area contributed by atoms with Gasteiger partial charge in [-0.1, -0.05) is 13.8 Å². The number of carbonyl (C=O) groups excluding carboxylic acids is 3. The van der Waals surface area contributed by atoms with E-state index in [4.69, 9.17) is 14.2 Å². The number of carbonyl (C=O) groups is 3. The van der Waals surface area contributed by atoms with Gasteiger partial charge in [-0.05, 0) is 30.9 Å². The van der Waals surface area contributed by atoms with Gasteiger partial charge in [0.1, 0.15) is 6.04 Å². The number of rotatable bonds is 7. The number of nitrogens with one attached hydrogen (secondary N) is 2. The second-order valence-electron chi connectivity index (χ2n) is 8.55. The van der Waals surface area contributed by atoms with Gasteiger partial charge in [0.2, 0.25) is 24.5 Å². The first-order chi connectivity index (χ1) is 14.9. The standard InChI is InChI=1S/C22H29N3O6/c1-13(2)20(22(28)23-10-16-4-3-7-29-16)24-21(27)14-8-19(26)25(11-14)15-5-6-17-18(9-15)31-12-30-17/h5-6,9,13-14,16,20H,3-4,7-8,10-12H2,1-2H3,(H,23,28)(H,24,27). The highest BCUT2D eigenvalue weighted by atomic mass is 16.7. The summed E-state index contributed by atoms with van der Waals surface area (Å²) in [6.07, 6.45) is 2.07. The van der Waals surface area contributed by atoms with Gasteiger partial charge in [0.25, 0.3) is 0 Å². The molecule has 2 saturated heterocycles. The SMILES string of the molecule is CC(C)C(NC(=O)C1CC(=O)N(c2ccc3c(c2)OCO3)C1)C(=O)NCC1CCCO1. The van der Waals surface area contributed by atoms with Gasteiger partial charge in [-0.15, -0.1) is 0 Å². The Kier molecular flexibility index (Phi) is 6.31. The van der Waals surface area contributed by atoms with Gasteiger partial charge in [0.15, 0.2) is 11.5 Å². The Morgan fingerprint density at radius 2 is 2.03 bits per heavy atom. The van der Waals surface area contributed by atoms with Crippen LogP contribution in [0.3, 0.4) is 0 Å². The third kappa shape index (κ3) is 4.76. The molecule has 0 spiro atoms. The lowest BCUT2D eigenvalue weighted by Gasteiger charge is -2.24. The highest BCUT2D eigenvalue weighted by Gasteiger charge is 2.37. The van der Waals surface area contributed by atoms with Crippen molar-refractivity contribution in [2.24, 2.45) is 11.8 Å². The lowest BCUT2D eigenvalue weighted by Crippen LogP contribution is -2.52. The number of anilines is 1. The Labute approximate surface area is 181 Å². The van der Waals surface area contributed by atoms with Crippen molar-refractivity contribution in [3.05, 3.63) is 18.2 Å². The molecule has 2 fully saturated rings. The minimum Gasteiger partial charge on any atom is -0.454 e. The first-order valence-corrected chi connectivity index (χ1v) is 10.8. The lowest BCUT2D eigenvalue weighted by molar-refractivity contribution is -0.132. The molecule has 168 valence electrons. The quantitative estimate of drug-likeness (QED) is 0.672. The summed E-state index contributed by atoms with van der Waals surface area (Å²) in [5.41, 5.74) is 0.666. The van der Waals surface area contributed by atoms with Crippen LogP contribution in [0.4, 0.5) is 5.69 Å². The first kappa shape index (κ1) is 21.4. The Morgan fingerprint density at radius 3 is 2.77 bits per heavy atom. The highest BCUT2D eigenvalue weighted by molar-refractivity contribution is 6.01. The van der Waals surface area contributed by atoms with Crippen molar-refractivity contribution in [2.75, 3.05) is 31.4 Å². The molecule has 1 aromatic rings. The molecule has 0 radical (unpaired) electrons. The summed E-state index contributed by atoms with van der Waals surface area (Å²) in [7, 11) is 0. The van der Waals surface area contributed by atoms with E-state index in [-0.39, 0.29) is 49.5 Å². The Balaban J connectivity index is 1.35. The maximum Gasteiger partial charge on any atom is 0.242 e. The molecule has 3 atom stereocenters. The first-order valence-electron chi connectivity index (χ1n) is 10.8. The fourth-order valence-corrected chi connectivity index (χ4v) is 4.12. The Hall–Kier alpha value is -2.81. The molecule has 9 heteroatoms. The Bertz CT molecular complexity index is 852. The summed E-state index contributed by atoms with van der Waals surface area (Å²) in [6.45, 7) is 5.35. The number of benzene rings is 1. The van der Waals surface area contributed by atoms with Gasteiger partial charge in [-0.2, -0.15) is 0 Å². The third-order valence-electron chi connectivity index (χ3n) is 5.94. The van der Waals surface area contributed by atoms with E-state index < -0.39 is 12.0 Å². The molecule has 31 heavy (non-hydrogen) atoms. The summed E-state index contributed by atoms with van der Waals surface area (Å²) in [5.74, 6) is -0.0403. The van der Waals surface area contributed by atoms with Crippen LogP contribution in [0.5, 0.6) is 11.5 Å². The van der Waals surface area contributed by atoms with Gasteiger partial charge in [0.05, 0.1) is 12.0 Å². The number of amides is 3. The fourth-order valence-electron chi connectivity index (χ4n) is 4.12. The van der Waals surface area contributed by atoms with E-state index in [0.717, 1.165) is 19.4 Å². The normalized spacial score (nSPS) is 23.3. The van der Waals surface area contributed by atoms with Gasteiger partial charge in [0, 0.05) is 37.9 Å². The molecule has 0 aromatic heterocycles. The molecule has 2 N–H and O–H groups in total. The maximum atomic E-state index is 12.9. The summed E-state index contributed by atoms with van der Waals surface area (Å²) in [5, 5.41) is 5.74. The average Bonchev–Trinajstić information content (AvgIpc) is 3.49. The Morgan fingerprint density at radius 1 is 1.23 bits per heavy atom. The molecular weight excluding hydrogens is 402 g/mol. The second kappa shape index (κ2) is 9.13. The second-order valence-corrected chi connectivity index (χ2v) is 8.55. The molecule has 4 rings (SSSR count). The predicted octanol–water partition coefficient (Wildman–Crippen LogP) is 1.20. The summed E-state index contributed by atoms with van der Waals surface area (Å²) >= 11 is 0. The molecule has 3 unspecified atom stereocenters. The van der Waals surface area contributed by atoms with Gasteiger partial charge >= 0.3 is 0 Å². The number of hydrogen-bond acceptors (Lipinski definition) is 6. The van der Waals surface area contributed by atoms with E-state index in [9.17, 15) is 14.4 Å². The van der Waals surface area contributed by atoms with E-state index in [0.29, 0.717) is 23.7 Å². The van der Waals surface area contributed by atoms with Crippen LogP contribution in [0.15, 0.2) is 18.2 Å². The zero-order valence-corrected chi connectivity index (χ0v) is 17.9. The molecule has 3 aliphatic heterocycles. The summed E-state index contributed by atoms with van der Waals surface area (Å²) < 4.78 is 16.2. The zero-order valence-electron chi connectivity index (χ0n) is 17.9. The van der Waals surface area contributed by atoms with Crippen LogP contribution in [-0.4, -0.2) is 56.4 Å². The number of fused-ring (bicyclic) bond motifs is 1. The van der Waals surface area contributed by atoms with Crippen molar-refractivity contribution >= 4 is 23.4 Å². The maximum absolute atomic E-state index is 12.9. The summed E-state index contributed by atoms with van der Waals surface area (Å²) in [6, 6.07) is 4.62. The van der Waals surface area contributed by atoms with E-state index in [1.807, 2.05) is 13.8 Å². The zero-order chi connectivity index (χ0) is 22.0. The highest BCUT2D eigenvalue weighted by Crippen LogP contribution is 2.37. The average molecular weight is 431 g/mol. The minimum absolute atomic E-state index is 0.0372. The molecular formula is C22H29N3O6. The minimum atomic E-state index is -0.663. The van der Waals surface area contributed by atoms with E-state index >= 15 is 0 Å². The van der Waals surface area contributed by atoms with Crippen LogP contribution < -0.4 is 25.0 Å². The number of ether oxygens (including phenoxy) is 3. The summed E-state index contributed by atoms with van der Waals surface area (Å²) in [4.78, 5) is 39.7. The number of nitrogens with zero attached hydrogens (tertiary/aromatic N) is 1. The van der Waals surface area contributed by atoms with Crippen LogP contribution in [0.1, 0.15) is 33.1 Å². The lowest BCUT2D eigenvalue weighted by atomic mass is 10.0. The number of hydrogen-bond donors (Lipinski definition) is 2. The van der Waals surface area contributed by atoms with Crippen molar-refractivity contribution in [1.82, 2.24) is 10.6 Å². The van der Waals surface area contributed by atoms with Gasteiger partial charge < -0.3 is 29.7 Å². The monoisotopic (exact) mass is 431 g/mol. The van der Waals surface area contributed by atoms with Crippen molar-refractivity contribution in [3.8, 4) is 11.5 Å². The van der Waals surface area contributed by atoms with Crippen molar-refractivity contribution in [1.29, 1.82) is 0 Å². The molecule has 9 nitrogen and oxygen atoms in total. The molecule has 3 heterocycles. The van der Waals surface area contributed by atoms with Crippen molar-refractivity contribution in [2.45, 2.75) is 45.3 Å². The molecule has 0 saturated carbocycles. The van der Waals surface area contributed by atoms with Crippen molar-refractivity contribution in [3.63, 3.8) is 0 Å². The molecule has 3 aliphatic rings. The van der Waals surface area contributed by atoms with Crippen LogP contribution >= 0.6 is 0 Å². The largest absolute Gasteiger partial charge is 0.454 e. The smallest absolute Gasteiger partial charge is 0.242 e. The van der Waals surface area contributed by atoms with E-state index in [1.54, 1.807) is 23.1 Å².